The van der Waals surface area contributed by atoms with Crippen LogP contribution in [0, 0.1) is 12.7 Å². The van der Waals surface area contributed by atoms with E-state index in [0.717, 1.165) is 35.1 Å². The second-order valence-electron chi connectivity index (χ2n) is 7.25. The SMILES string of the molecule is COc1cccc(-c2cc(F)c(Nc3ncc(C4CC4)cc3C(=O)O)cc2C)c1. The number of halogens is 1. The average molecular weight is 392 g/mol. The minimum Gasteiger partial charge on any atom is -0.497 e. The van der Waals surface area contributed by atoms with Crippen LogP contribution in [-0.4, -0.2) is 23.2 Å². The molecule has 6 heteroatoms. The fourth-order valence-electron chi connectivity index (χ4n) is 3.39. The molecule has 2 aromatic carbocycles. The number of anilines is 2. The molecule has 0 radical (unpaired) electrons. The molecule has 0 spiro atoms. The minimum atomic E-state index is -1.09. The van der Waals surface area contributed by atoms with Gasteiger partial charge in [-0.1, -0.05) is 12.1 Å². The van der Waals surface area contributed by atoms with Crippen LogP contribution in [0.2, 0.25) is 0 Å². The van der Waals surface area contributed by atoms with E-state index in [9.17, 15) is 14.3 Å². The Hall–Kier alpha value is -3.41. The smallest absolute Gasteiger partial charge is 0.339 e. The van der Waals surface area contributed by atoms with Gasteiger partial charge >= 0.3 is 5.97 Å². The van der Waals surface area contributed by atoms with Crippen molar-refractivity contribution in [2.24, 2.45) is 0 Å². The number of benzene rings is 2. The first-order valence-corrected chi connectivity index (χ1v) is 9.41. The summed E-state index contributed by atoms with van der Waals surface area (Å²) in [5.41, 5.74) is 3.56. The largest absolute Gasteiger partial charge is 0.497 e. The summed E-state index contributed by atoms with van der Waals surface area (Å²) in [4.78, 5) is 15.9. The summed E-state index contributed by atoms with van der Waals surface area (Å²) in [6, 6.07) is 12.1. The van der Waals surface area contributed by atoms with Gasteiger partial charge in [0.2, 0.25) is 0 Å². The number of carbonyl (C=O) groups is 1. The first-order chi connectivity index (χ1) is 14.0. The van der Waals surface area contributed by atoms with Crippen LogP contribution >= 0.6 is 0 Å². The van der Waals surface area contributed by atoms with Crippen molar-refractivity contribution in [2.75, 3.05) is 12.4 Å². The quantitative estimate of drug-likeness (QED) is 0.578. The summed E-state index contributed by atoms with van der Waals surface area (Å²) < 4.78 is 20.1. The van der Waals surface area contributed by atoms with Crippen LogP contribution in [0.5, 0.6) is 5.75 Å². The molecule has 148 valence electrons. The van der Waals surface area contributed by atoms with E-state index in [0.29, 0.717) is 11.7 Å². The number of nitrogens with zero attached hydrogens (tertiary/aromatic N) is 1. The Balaban J connectivity index is 1.68. The van der Waals surface area contributed by atoms with Crippen LogP contribution in [0.3, 0.4) is 0 Å². The van der Waals surface area contributed by atoms with Gasteiger partial charge in [0.15, 0.2) is 0 Å². The number of hydrogen-bond acceptors (Lipinski definition) is 4. The van der Waals surface area contributed by atoms with Crippen molar-refractivity contribution in [3.8, 4) is 16.9 Å². The number of aromatic nitrogens is 1. The molecular formula is C23H21FN2O3. The molecule has 5 nitrogen and oxygen atoms in total. The highest BCUT2D eigenvalue weighted by Crippen LogP contribution is 2.41. The van der Waals surface area contributed by atoms with Gasteiger partial charge in [-0.15, -0.1) is 0 Å². The summed E-state index contributed by atoms with van der Waals surface area (Å²) in [7, 11) is 1.58. The monoisotopic (exact) mass is 392 g/mol. The van der Waals surface area contributed by atoms with E-state index in [4.69, 9.17) is 4.74 Å². The Bertz CT molecular complexity index is 1090. The molecule has 2 N–H and O–H groups in total. The third-order valence-corrected chi connectivity index (χ3v) is 5.14. The van der Waals surface area contributed by atoms with Crippen LogP contribution in [0.1, 0.15) is 40.2 Å². The zero-order chi connectivity index (χ0) is 20.5. The third-order valence-electron chi connectivity index (χ3n) is 5.14. The van der Waals surface area contributed by atoms with Gasteiger partial charge in [-0.05, 0) is 78.3 Å². The maximum absolute atomic E-state index is 14.9. The Kier molecular flexibility index (Phi) is 4.92. The molecule has 0 atom stereocenters. The summed E-state index contributed by atoms with van der Waals surface area (Å²) >= 11 is 0. The number of pyridine rings is 1. The first kappa shape index (κ1) is 18.9. The fourth-order valence-corrected chi connectivity index (χ4v) is 3.39. The summed E-state index contributed by atoms with van der Waals surface area (Å²) in [5.74, 6) is -0.369. The van der Waals surface area contributed by atoms with Crippen molar-refractivity contribution in [3.05, 3.63) is 71.2 Å². The first-order valence-electron chi connectivity index (χ1n) is 9.41. The molecule has 0 bridgehead atoms. The van der Waals surface area contributed by atoms with Gasteiger partial charge < -0.3 is 15.2 Å². The third kappa shape index (κ3) is 3.92. The van der Waals surface area contributed by atoms with Crippen molar-refractivity contribution in [1.82, 2.24) is 4.98 Å². The molecule has 1 heterocycles. The number of ether oxygens (including phenoxy) is 1. The lowest BCUT2D eigenvalue weighted by molar-refractivity contribution is 0.0697. The predicted octanol–water partition coefficient (Wildman–Crippen LogP) is 5.52. The number of carboxylic acid groups (broad SMARTS) is 1. The van der Waals surface area contributed by atoms with Gasteiger partial charge in [-0.2, -0.15) is 0 Å². The highest BCUT2D eigenvalue weighted by atomic mass is 19.1. The van der Waals surface area contributed by atoms with Gasteiger partial charge in [-0.3, -0.25) is 0 Å². The van der Waals surface area contributed by atoms with Crippen molar-refractivity contribution >= 4 is 17.5 Å². The topological polar surface area (TPSA) is 71.5 Å². The molecule has 1 aliphatic rings. The highest BCUT2D eigenvalue weighted by Gasteiger charge is 2.26. The molecule has 29 heavy (non-hydrogen) atoms. The normalized spacial score (nSPS) is 13.2. The fraction of sp³-hybridized carbons (Fsp3) is 0.217. The number of hydrogen-bond donors (Lipinski definition) is 2. The molecule has 0 aliphatic heterocycles. The lowest BCUT2D eigenvalue weighted by Gasteiger charge is -2.14. The Morgan fingerprint density at radius 1 is 1.24 bits per heavy atom. The van der Waals surface area contributed by atoms with Crippen molar-refractivity contribution in [2.45, 2.75) is 25.7 Å². The van der Waals surface area contributed by atoms with Crippen molar-refractivity contribution in [3.63, 3.8) is 0 Å². The molecule has 1 saturated carbocycles. The number of methoxy groups -OCH3 is 1. The Morgan fingerprint density at radius 3 is 2.72 bits per heavy atom. The van der Waals surface area contributed by atoms with E-state index in [1.54, 1.807) is 25.4 Å². The summed E-state index contributed by atoms with van der Waals surface area (Å²) in [6.07, 6.45) is 3.77. The predicted molar refractivity (Wildman–Crippen MR) is 110 cm³/mol. The Labute approximate surface area is 168 Å². The minimum absolute atomic E-state index is 0.0447. The summed E-state index contributed by atoms with van der Waals surface area (Å²) in [6.45, 7) is 1.88. The average Bonchev–Trinajstić information content (AvgIpc) is 3.56. The Morgan fingerprint density at radius 2 is 2.03 bits per heavy atom. The van der Waals surface area contributed by atoms with Crippen LogP contribution in [0.15, 0.2) is 48.7 Å². The zero-order valence-electron chi connectivity index (χ0n) is 16.2. The number of aryl methyl sites for hydroxylation is 1. The molecular weight excluding hydrogens is 371 g/mol. The molecule has 1 aliphatic carbocycles. The van der Waals surface area contributed by atoms with E-state index in [-0.39, 0.29) is 17.1 Å². The van der Waals surface area contributed by atoms with Crippen LogP contribution in [0.4, 0.5) is 15.9 Å². The highest BCUT2D eigenvalue weighted by molar-refractivity contribution is 5.94. The second kappa shape index (κ2) is 7.54. The van der Waals surface area contributed by atoms with E-state index in [1.807, 2.05) is 31.2 Å². The molecule has 4 rings (SSSR count). The van der Waals surface area contributed by atoms with Gasteiger partial charge in [0, 0.05) is 6.20 Å². The van der Waals surface area contributed by atoms with E-state index < -0.39 is 11.8 Å². The molecule has 1 fully saturated rings. The van der Waals surface area contributed by atoms with Crippen LogP contribution in [0.25, 0.3) is 11.1 Å². The standard InChI is InChI=1S/C23H21FN2O3/c1-13-8-21(20(24)11-18(13)15-4-3-5-17(9-15)29-2)26-22-19(23(27)28)10-16(12-25-22)14-6-7-14/h3-5,8-12,14H,6-7H2,1-2H3,(H,25,26)(H,27,28). The van der Waals surface area contributed by atoms with Crippen LogP contribution < -0.4 is 10.1 Å². The van der Waals surface area contributed by atoms with E-state index >= 15 is 0 Å². The molecule has 3 aromatic rings. The maximum Gasteiger partial charge on any atom is 0.339 e. The maximum atomic E-state index is 14.9. The van der Waals surface area contributed by atoms with Gasteiger partial charge in [-0.25, -0.2) is 14.2 Å². The van der Waals surface area contributed by atoms with Crippen molar-refractivity contribution in [1.29, 1.82) is 0 Å². The number of rotatable bonds is 6. The number of nitrogens with one attached hydrogen (secondary N) is 1. The number of carboxylic acids is 1. The van der Waals surface area contributed by atoms with Gasteiger partial charge in [0.1, 0.15) is 22.9 Å². The molecule has 1 aromatic heterocycles. The summed E-state index contributed by atoms with van der Waals surface area (Å²) in [5, 5.41) is 12.4. The van der Waals surface area contributed by atoms with Gasteiger partial charge in [0.05, 0.1) is 12.8 Å². The lowest BCUT2D eigenvalue weighted by Crippen LogP contribution is -2.07. The molecule has 0 unspecified atom stereocenters. The number of aromatic carboxylic acids is 1. The van der Waals surface area contributed by atoms with Crippen molar-refractivity contribution < 1.29 is 19.0 Å². The van der Waals surface area contributed by atoms with E-state index in [2.05, 4.69) is 10.3 Å². The van der Waals surface area contributed by atoms with E-state index in [1.165, 1.54) is 6.07 Å². The zero-order valence-corrected chi connectivity index (χ0v) is 16.2. The second-order valence-corrected chi connectivity index (χ2v) is 7.25. The van der Waals surface area contributed by atoms with Crippen LogP contribution in [-0.2, 0) is 0 Å². The lowest BCUT2D eigenvalue weighted by atomic mass is 9.99. The molecule has 0 amide bonds. The van der Waals surface area contributed by atoms with Gasteiger partial charge in [0.25, 0.3) is 0 Å². The molecule has 0 saturated heterocycles.